The van der Waals surface area contributed by atoms with Gasteiger partial charge < -0.3 is 11.1 Å². The Balaban J connectivity index is 2.37. The van der Waals surface area contributed by atoms with Crippen molar-refractivity contribution in [2.45, 2.75) is 52.1 Å². The highest BCUT2D eigenvalue weighted by atomic mass is 16.2. The molecule has 1 rings (SSSR count). The fourth-order valence-electron chi connectivity index (χ4n) is 2.05. The first-order valence-corrected chi connectivity index (χ1v) is 7.11. The lowest BCUT2D eigenvalue weighted by molar-refractivity contribution is -0.123. The number of hydrogen-bond acceptors (Lipinski definition) is 2. The standard InChI is InChI=1S/C16H26N2O/c1-12(2)8-7-9-13(3)18-16(19)15(17)14-10-5-4-6-11-14/h4-6,10-13,15H,7-9,17H2,1-3H3,(H,18,19)/t13?,15-/m0/s1. The lowest BCUT2D eigenvalue weighted by Crippen LogP contribution is -2.39. The summed E-state index contributed by atoms with van der Waals surface area (Å²) in [4.78, 5) is 12.0. The molecule has 0 aliphatic carbocycles. The van der Waals surface area contributed by atoms with E-state index in [2.05, 4.69) is 19.2 Å². The molecule has 1 unspecified atom stereocenters. The van der Waals surface area contributed by atoms with Crippen LogP contribution in [0.1, 0.15) is 51.6 Å². The molecule has 0 saturated heterocycles. The monoisotopic (exact) mass is 262 g/mol. The van der Waals surface area contributed by atoms with E-state index in [1.165, 1.54) is 6.42 Å². The van der Waals surface area contributed by atoms with Gasteiger partial charge in [0.25, 0.3) is 0 Å². The topological polar surface area (TPSA) is 55.1 Å². The zero-order chi connectivity index (χ0) is 14.3. The molecule has 3 N–H and O–H groups in total. The van der Waals surface area contributed by atoms with Gasteiger partial charge in [0.05, 0.1) is 0 Å². The second-order valence-electron chi connectivity index (χ2n) is 5.62. The van der Waals surface area contributed by atoms with Crippen LogP contribution >= 0.6 is 0 Å². The maximum Gasteiger partial charge on any atom is 0.241 e. The molecular formula is C16H26N2O. The summed E-state index contributed by atoms with van der Waals surface area (Å²) in [6.45, 7) is 6.47. The number of hydrogen-bond donors (Lipinski definition) is 2. The molecule has 0 aliphatic rings. The Kier molecular flexibility index (Phi) is 6.57. The van der Waals surface area contributed by atoms with Gasteiger partial charge in [-0.1, -0.05) is 57.0 Å². The second kappa shape index (κ2) is 7.95. The second-order valence-corrected chi connectivity index (χ2v) is 5.62. The van der Waals surface area contributed by atoms with Crippen LogP contribution in [0.3, 0.4) is 0 Å². The van der Waals surface area contributed by atoms with Crippen LogP contribution in [0.5, 0.6) is 0 Å². The van der Waals surface area contributed by atoms with Crippen molar-refractivity contribution in [3.8, 4) is 0 Å². The maximum absolute atomic E-state index is 12.0. The molecule has 0 saturated carbocycles. The number of carbonyl (C=O) groups excluding carboxylic acids is 1. The molecule has 1 amide bonds. The van der Waals surface area contributed by atoms with Gasteiger partial charge in [-0.2, -0.15) is 0 Å². The first kappa shape index (κ1) is 15.7. The number of nitrogens with two attached hydrogens (primary N) is 1. The normalized spacial score (nSPS) is 14.2. The molecule has 0 spiro atoms. The van der Waals surface area contributed by atoms with E-state index in [1.807, 2.05) is 37.3 Å². The predicted octanol–water partition coefficient (Wildman–Crippen LogP) is 3.02. The van der Waals surface area contributed by atoms with Crippen LogP contribution in [0.15, 0.2) is 30.3 Å². The zero-order valence-corrected chi connectivity index (χ0v) is 12.2. The van der Waals surface area contributed by atoms with E-state index < -0.39 is 6.04 Å². The highest BCUT2D eigenvalue weighted by molar-refractivity contribution is 5.83. The van der Waals surface area contributed by atoms with Gasteiger partial charge in [-0.05, 0) is 24.8 Å². The van der Waals surface area contributed by atoms with E-state index in [-0.39, 0.29) is 11.9 Å². The smallest absolute Gasteiger partial charge is 0.241 e. The summed E-state index contributed by atoms with van der Waals surface area (Å²) in [5, 5.41) is 2.99. The van der Waals surface area contributed by atoms with Gasteiger partial charge in [-0.25, -0.2) is 0 Å². The van der Waals surface area contributed by atoms with Crippen LogP contribution in [0.25, 0.3) is 0 Å². The molecular weight excluding hydrogens is 236 g/mol. The minimum absolute atomic E-state index is 0.0942. The Morgan fingerprint density at radius 2 is 1.79 bits per heavy atom. The van der Waals surface area contributed by atoms with Crippen molar-refractivity contribution in [3.63, 3.8) is 0 Å². The minimum atomic E-state index is -0.575. The van der Waals surface area contributed by atoms with Gasteiger partial charge in [0, 0.05) is 6.04 Å². The average Bonchev–Trinajstić information content (AvgIpc) is 2.38. The summed E-state index contributed by atoms with van der Waals surface area (Å²) in [7, 11) is 0. The molecule has 0 heterocycles. The third-order valence-electron chi connectivity index (χ3n) is 3.25. The van der Waals surface area contributed by atoms with E-state index in [1.54, 1.807) is 0 Å². The molecule has 0 radical (unpaired) electrons. The molecule has 0 aliphatic heterocycles. The fourth-order valence-corrected chi connectivity index (χ4v) is 2.05. The summed E-state index contributed by atoms with van der Waals surface area (Å²) < 4.78 is 0. The van der Waals surface area contributed by atoms with Crippen LogP contribution < -0.4 is 11.1 Å². The quantitative estimate of drug-likeness (QED) is 0.793. The molecule has 0 fully saturated rings. The molecule has 106 valence electrons. The third-order valence-corrected chi connectivity index (χ3v) is 3.25. The van der Waals surface area contributed by atoms with Crippen molar-refractivity contribution in [1.29, 1.82) is 0 Å². The van der Waals surface area contributed by atoms with Crippen LogP contribution in [-0.2, 0) is 4.79 Å². The van der Waals surface area contributed by atoms with Gasteiger partial charge in [0.15, 0.2) is 0 Å². The van der Waals surface area contributed by atoms with Gasteiger partial charge >= 0.3 is 0 Å². The molecule has 19 heavy (non-hydrogen) atoms. The van der Waals surface area contributed by atoms with Crippen LogP contribution in [0.4, 0.5) is 0 Å². The summed E-state index contributed by atoms with van der Waals surface area (Å²) in [6, 6.07) is 9.09. The summed E-state index contributed by atoms with van der Waals surface area (Å²) in [6.07, 6.45) is 3.34. The van der Waals surface area contributed by atoms with E-state index in [0.29, 0.717) is 0 Å². The highest BCUT2D eigenvalue weighted by Crippen LogP contribution is 2.11. The van der Waals surface area contributed by atoms with E-state index in [0.717, 1.165) is 24.3 Å². The molecule has 0 bridgehead atoms. The first-order chi connectivity index (χ1) is 9.00. The van der Waals surface area contributed by atoms with Crippen LogP contribution in [0.2, 0.25) is 0 Å². The van der Waals surface area contributed by atoms with Crippen molar-refractivity contribution < 1.29 is 4.79 Å². The molecule has 2 atom stereocenters. The summed E-state index contributed by atoms with van der Waals surface area (Å²) in [5.41, 5.74) is 6.81. The molecule has 1 aromatic carbocycles. The number of benzene rings is 1. The third kappa shape index (κ3) is 5.88. The summed E-state index contributed by atoms with van der Waals surface area (Å²) in [5.74, 6) is 0.623. The molecule has 1 aromatic rings. The lowest BCUT2D eigenvalue weighted by Gasteiger charge is -2.18. The Morgan fingerprint density at radius 3 is 2.37 bits per heavy atom. The van der Waals surface area contributed by atoms with Gasteiger partial charge in [0.2, 0.25) is 5.91 Å². The van der Waals surface area contributed by atoms with Gasteiger partial charge in [0.1, 0.15) is 6.04 Å². The van der Waals surface area contributed by atoms with Crippen molar-refractivity contribution >= 4 is 5.91 Å². The maximum atomic E-state index is 12.0. The SMILES string of the molecule is CC(C)CCCC(C)NC(=O)[C@@H](N)c1ccccc1. The van der Waals surface area contributed by atoms with Crippen LogP contribution in [-0.4, -0.2) is 11.9 Å². The number of amides is 1. The largest absolute Gasteiger partial charge is 0.352 e. The number of rotatable bonds is 7. The Bertz CT molecular complexity index is 376. The van der Waals surface area contributed by atoms with E-state index in [9.17, 15) is 4.79 Å². The first-order valence-electron chi connectivity index (χ1n) is 7.11. The van der Waals surface area contributed by atoms with Gasteiger partial charge in [-0.3, -0.25) is 4.79 Å². The predicted molar refractivity (Wildman–Crippen MR) is 79.7 cm³/mol. The number of carbonyl (C=O) groups is 1. The van der Waals surface area contributed by atoms with Crippen LogP contribution in [0, 0.1) is 5.92 Å². The molecule has 3 nitrogen and oxygen atoms in total. The Morgan fingerprint density at radius 1 is 1.16 bits per heavy atom. The Hall–Kier alpha value is -1.35. The molecule has 0 aromatic heterocycles. The zero-order valence-electron chi connectivity index (χ0n) is 12.2. The van der Waals surface area contributed by atoms with E-state index >= 15 is 0 Å². The average molecular weight is 262 g/mol. The van der Waals surface area contributed by atoms with Crippen molar-refractivity contribution in [2.75, 3.05) is 0 Å². The summed E-state index contributed by atoms with van der Waals surface area (Å²) >= 11 is 0. The minimum Gasteiger partial charge on any atom is -0.352 e. The fraction of sp³-hybridized carbons (Fsp3) is 0.562. The highest BCUT2D eigenvalue weighted by Gasteiger charge is 2.17. The molecule has 3 heteroatoms. The lowest BCUT2D eigenvalue weighted by atomic mass is 10.0. The Labute approximate surface area is 116 Å². The van der Waals surface area contributed by atoms with Crippen molar-refractivity contribution in [3.05, 3.63) is 35.9 Å². The van der Waals surface area contributed by atoms with Gasteiger partial charge in [-0.15, -0.1) is 0 Å². The van der Waals surface area contributed by atoms with Crippen molar-refractivity contribution in [2.24, 2.45) is 11.7 Å². The number of nitrogens with one attached hydrogen (secondary N) is 1. The van der Waals surface area contributed by atoms with Crippen molar-refractivity contribution in [1.82, 2.24) is 5.32 Å². The van der Waals surface area contributed by atoms with E-state index in [4.69, 9.17) is 5.73 Å².